The van der Waals surface area contributed by atoms with Gasteiger partial charge in [0.15, 0.2) is 5.13 Å². The molecule has 132 valence electrons. The third-order valence-corrected chi connectivity index (χ3v) is 6.73. The molecule has 1 amide bonds. The van der Waals surface area contributed by atoms with E-state index < -0.39 is 0 Å². The molecule has 1 unspecified atom stereocenters. The van der Waals surface area contributed by atoms with E-state index in [1.54, 1.807) is 11.3 Å². The Bertz CT molecular complexity index is 654. The highest BCUT2D eigenvalue weighted by Crippen LogP contribution is 2.35. The van der Waals surface area contributed by atoms with Gasteiger partial charge in [0.2, 0.25) is 0 Å². The fraction of sp³-hybridized carbons (Fsp3) is 0.647. The number of aromatic nitrogens is 1. The zero-order valence-corrected chi connectivity index (χ0v) is 16.3. The summed E-state index contributed by atoms with van der Waals surface area (Å²) in [5, 5.41) is 4.43. The maximum absolute atomic E-state index is 13.0. The van der Waals surface area contributed by atoms with E-state index in [-0.39, 0.29) is 5.91 Å². The van der Waals surface area contributed by atoms with Crippen LogP contribution in [0.4, 0.5) is 5.13 Å². The smallest absolute Gasteiger partial charge is 0.264 e. The van der Waals surface area contributed by atoms with Crippen molar-refractivity contribution in [1.82, 2.24) is 15.2 Å². The molecule has 3 rings (SSSR count). The summed E-state index contributed by atoms with van der Waals surface area (Å²) in [5.74, 6) is 0.171. The second-order valence-corrected chi connectivity index (χ2v) is 8.13. The Morgan fingerprint density at radius 3 is 2.71 bits per heavy atom. The van der Waals surface area contributed by atoms with Crippen molar-refractivity contribution in [2.75, 3.05) is 37.6 Å². The summed E-state index contributed by atoms with van der Waals surface area (Å²) in [6, 6.07) is 2.37. The molecule has 0 aliphatic carbocycles. The van der Waals surface area contributed by atoms with Crippen LogP contribution < -0.4 is 10.2 Å². The van der Waals surface area contributed by atoms with E-state index in [1.165, 1.54) is 11.3 Å². The lowest BCUT2D eigenvalue weighted by molar-refractivity contribution is 0.0697. The normalized spacial score (nSPS) is 17.5. The molecule has 0 saturated carbocycles. The van der Waals surface area contributed by atoms with Crippen LogP contribution in [0.3, 0.4) is 0 Å². The Morgan fingerprint density at radius 2 is 2.12 bits per heavy atom. The van der Waals surface area contributed by atoms with Crippen LogP contribution in [0.5, 0.6) is 0 Å². The summed E-state index contributed by atoms with van der Waals surface area (Å²) >= 11 is 3.23. The number of anilines is 1. The van der Waals surface area contributed by atoms with Crippen molar-refractivity contribution < 1.29 is 4.79 Å². The molecule has 0 radical (unpaired) electrons. The van der Waals surface area contributed by atoms with Gasteiger partial charge < -0.3 is 15.1 Å². The van der Waals surface area contributed by atoms with Gasteiger partial charge in [0, 0.05) is 32.2 Å². The maximum Gasteiger partial charge on any atom is 0.264 e. The summed E-state index contributed by atoms with van der Waals surface area (Å²) in [4.78, 5) is 23.9. The molecule has 24 heavy (non-hydrogen) atoms. The molecule has 1 aliphatic rings. The fourth-order valence-corrected chi connectivity index (χ4v) is 5.49. The van der Waals surface area contributed by atoms with Crippen LogP contribution in [-0.2, 0) is 0 Å². The van der Waals surface area contributed by atoms with E-state index in [9.17, 15) is 4.79 Å². The molecule has 1 aliphatic heterocycles. The second kappa shape index (κ2) is 7.80. The van der Waals surface area contributed by atoms with E-state index in [0.717, 1.165) is 65.1 Å². The van der Waals surface area contributed by atoms with Crippen LogP contribution in [0.25, 0.3) is 9.53 Å². The first-order valence-electron chi connectivity index (χ1n) is 8.84. The Morgan fingerprint density at radius 1 is 1.33 bits per heavy atom. The molecule has 0 aromatic carbocycles. The number of thiazole rings is 1. The lowest BCUT2D eigenvalue weighted by Crippen LogP contribution is -2.41. The highest BCUT2D eigenvalue weighted by molar-refractivity contribution is 7.29. The van der Waals surface area contributed by atoms with Gasteiger partial charge in [0.05, 0.1) is 9.58 Å². The Balaban J connectivity index is 1.82. The minimum atomic E-state index is 0.171. The monoisotopic (exact) mass is 366 g/mol. The van der Waals surface area contributed by atoms with E-state index in [1.807, 2.05) is 6.07 Å². The summed E-state index contributed by atoms with van der Waals surface area (Å²) in [7, 11) is 0. The predicted octanol–water partition coefficient (Wildman–Crippen LogP) is 3.42. The molecule has 2 aromatic heterocycles. The van der Waals surface area contributed by atoms with Gasteiger partial charge in [-0.3, -0.25) is 4.79 Å². The van der Waals surface area contributed by atoms with Crippen molar-refractivity contribution in [3.05, 3.63) is 10.9 Å². The summed E-state index contributed by atoms with van der Waals surface area (Å²) < 4.78 is 1.13. The Kier molecular flexibility index (Phi) is 5.73. The number of rotatable bonds is 7. The molecule has 3 heterocycles. The molecule has 7 heteroatoms. The van der Waals surface area contributed by atoms with Crippen molar-refractivity contribution in [3.63, 3.8) is 0 Å². The largest absolute Gasteiger partial charge is 0.349 e. The first-order chi connectivity index (χ1) is 11.7. The number of hydrogen-bond acceptors (Lipinski definition) is 6. The molecule has 0 spiro atoms. The van der Waals surface area contributed by atoms with Gasteiger partial charge in [-0.2, -0.15) is 0 Å². The summed E-state index contributed by atoms with van der Waals surface area (Å²) in [6.07, 6.45) is 2.04. The van der Waals surface area contributed by atoms with E-state index >= 15 is 0 Å². The topological polar surface area (TPSA) is 48.5 Å². The first kappa shape index (κ1) is 17.6. The second-order valence-electron chi connectivity index (χ2n) is 6.09. The minimum absolute atomic E-state index is 0.171. The molecule has 2 aromatic rings. The van der Waals surface area contributed by atoms with Gasteiger partial charge in [-0.05, 0) is 39.3 Å². The van der Waals surface area contributed by atoms with Crippen LogP contribution in [0.15, 0.2) is 6.07 Å². The molecule has 1 saturated heterocycles. The third-order valence-electron chi connectivity index (χ3n) is 4.52. The van der Waals surface area contributed by atoms with E-state index in [4.69, 9.17) is 4.98 Å². The quantitative estimate of drug-likeness (QED) is 0.816. The standard InChI is InChI=1S/C17H26N4OS2/c1-4-9-21(12-7-8-18-11-12)16(22)14-10-13-15(23-14)19-17(24-13)20(5-2)6-3/h10,12,18H,4-9,11H2,1-3H3. The van der Waals surface area contributed by atoms with Crippen molar-refractivity contribution in [2.24, 2.45) is 0 Å². The highest BCUT2D eigenvalue weighted by Gasteiger charge is 2.28. The van der Waals surface area contributed by atoms with Crippen LogP contribution in [0, 0.1) is 0 Å². The average Bonchev–Trinajstić information content (AvgIpc) is 3.29. The highest BCUT2D eigenvalue weighted by atomic mass is 32.1. The van der Waals surface area contributed by atoms with Crippen molar-refractivity contribution >= 4 is 43.2 Å². The van der Waals surface area contributed by atoms with E-state index in [0.29, 0.717) is 6.04 Å². The molecule has 1 N–H and O–H groups in total. The van der Waals surface area contributed by atoms with Gasteiger partial charge >= 0.3 is 0 Å². The number of thiophene rings is 1. The van der Waals surface area contributed by atoms with Crippen LogP contribution in [0.2, 0.25) is 0 Å². The lowest BCUT2D eigenvalue weighted by atomic mass is 10.2. The summed E-state index contributed by atoms with van der Waals surface area (Å²) in [5.41, 5.74) is 0. The number of carbonyl (C=O) groups is 1. The predicted molar refractivity (Wildman–Crippen MR) is 104 cm³/mol. The Labute approximate surface area is 151 Å². The van der Waals surface area contributed by atoms with Gasteiger partial charge in [-0.1, -0.05) is 18.3 Å². The minimum Gasteiger partial charge on any atom is -0.349 e. The molecule has 1 atom stereocenters. The number of fused-ring (bicyclic) bond motifs is 1. The maximum atomic E-state index is 13.0. The lowest BCUT2D eigenvalue weighted by Gasteiger charge is -2.27. The number of nitrogens with one attached hydrogen (secondary N) is 1. The van der Waals surface area contributed by atoms with Crippen LogP contribution >= 0.6 is 22.7 Å². The van der Waals surface area contributed by atoms with E-state index in [2.05, 4.69) is 35.9 Å². The van der Waals surface area contributed by atoms with Crippen molar-refractivity contribution in [2.45, 2.75) is 39.7 Å². The molecule has 5 nitrogen and oxygen atoms in total. The van der Waals surface area contributed by atoms with Crippen molar-refractivity contribution in [3.8, 4) is 0 Å². The first-order valence-corrected chi connectivity index (χ1v) is 10.5. The summed E-state index contributed by atoms with van der Waals surface area (Å²) in [6.45, 7) is 11.1. The number of nitrogens with zero attached hydrogens (tertiary/aromatic N) is 3. The van der Waals surface area contributed by atoms with Gasteiger partial charge in [0.25, 0.3) is 5.91 Å². The van der Waals surface area contributed by atoms with Crippen molar-refractivity contribution in [1.29, 1.82) is 0 Å². The average molecular weight is 367 g/mol. The number of hydrogen-bond donors (Lipinski definition) is 1. The third kappa shape index (κ3) is 3.43. The Hall–Kier alpha value is -1.18. The SMILES string of the molecule is CCCN(C(=O)c1cc2sc(N(CC)CC)nc2s1)C1CCNC1. The number of carbonyl (C=O) groups excluding carboxylic acids is 1. The molecule has 0 bridgehead atoms. The van der Waals surface area contributed by atoms with Gasteiger partial charge in [-0.25, -0.2) is 4.98 Å². The molecule has 1 fully saturated rings. The zero-order chi connectivity index (χ0) is 17.1. The molecular weight excluding hydrogens is 340 g/mol. The van der Waals surface area contributed by atoms with Gasteiger partial charge in [-0.15, -0.1) is 11.3 Å². The zero-order valence-electron chi connectivity index (χ0n) is 14.7. The number of amides is 1. The fourth-order valence-electron chi connectivity index (χ4n) is 3.20. The van der Waals surface area contributed by atoms with Gasteiger partial charge in [0.1, 0.15) is 4.83 Å². The van der Waals surface area contributed by atoms with Crippen LogP contribution in [0.1, 0.15) is 43.3 Å². The molecular formula is C17H26N4OS2. The van der Waals surface area contributed by atoms with Crippen LogP contribution in [-0.4, -0.2) is 54.6 Å².